The number of halogens is 1. The van der Waals surface area contributed by atoms with Crippen LogP contribution in [0.2, 0.25) is 5.02 Å². The number of anilines is 1. The zero-order valence-electron chi connectivity index (χ0n) is 22.3. The first-order valence-corrected chi connectivity index (χ1v) is 13.6. The second kappa shape index (κ2) is 12.2. The van der Waals surface area contributed by atoms with Gasteiger partial charge in [0.15, 0.2) is 11.5 Å². The molecule has 0 unspecified atom stereocenters. The summed E-state index contributed by atoms with van der Waals surface area (Å²) in [5, 5.41) is 6.49. The van der Waals surface area contributed by atoms with Crippen LogP contribution in [0.25, 0.3) is 10.9 Å². The maximum Gasteiger partial charge on any atom is 0.319 e. The largest absolute Gasteiger partial charge is 0.493 e. The predicted octanol–water partition coefficient (Wildman–Crippen LogP) is 5.11. The molecule has 3 aromatic rings. The summed E-state index contributed by atoms with van der Waals surface area (Å²) in [4.78, 5) is 23.2. The maximum absolute atomic E-state index is 12.0. The van der Waals surface area contributed by atoms with Gasteiger partial charge in [0.25, 0.3) is 0 Å². The Balaban J connectivity index is 1.22. The first kappa shape index (κ1) is 27.2. The van der Waals surface area contributed by atoms with Gasteiger partial charge in [0.2, 0.25) is 5.88 Å². The average Bonchev–Trinajstić information content (AvgIpc) is 3.37. The molecule has 2 aliphatic rings. The number of carbonyl (C=O) groups excluding carboxylic acids is 1. The Morgan fingerprint density at radius 2 is 2.08 bits per heavy atom. The molecular weight excluding hydrogens is 522 g/mol. The van der Waals surface area contributed by atoms with Crippen molar-refractivity contribution in [1.29, 1.82) is 0 Å². The van der Waals surface area contributed by atoms with E-state index in [4.69, 9.17) is 30.5 Å². The van der Waals surface area contributed by atoms with E-state index in [-0.39, 0.29) is 6.03 Å². The highest BCUT2D eigenvalue weighted by atomic mass is 35.5. The molecule has 2 N–H and O–H groups in total. The minimum Gasteiger partial charge on any atom is -0.493 e. The summed E-state index contributed by atoms with van der Waals surface area (Å²) in [5.41, 5.74) is 1.55. The fraction of sp³-hybridized carbons (Fsp3) is 0.464. The van der Waals surface area contributed by atoms with Crippen molar-refractivity contribution in [3.05, 3.63) is 41.7 Å². The Bertz CT molecular complexity index is 1320. The highest BCUT2D eigenvalue weighted by molar-refractivity contribution is 6.33. The standard InChI is InChI=1S/C28H34ClN5O5/c1-3-8-30-27(35)33-22-6-5-19(12-21(22)29)39-26-20-13-24(36-2)25(14-23(20)31-18-32-26)38-11-4-9-34-10-7-28(15-34)16-37-17-28/h5-6,12-14,18H,3-4,7-11,15-17H2,1-2H3,(H2,30,33,35). The molecule has 0 radical (unpaired) electrons. The molecule has 2 saturated heterocycles. The summed E-state index contributed by atoms with van der Waals surface area (Å²) >= 11 is 6.39. The smallest absolute Gasteiger partial charge is 0.319 e. The third kappa shape index (κ3) is 6.46. The van der Waals surface area contributed by atoms with Gasteiger partial charge in [0, 0.05) is 37.2 Å². The van der Waals surface area contributed by atoms with Gasteiger partial charge in [-0.25, -0.2) is 14.8 Å². The van der Waals surface area contributed by atoms with E-state index in [1.54, 1.807) is 25.3 Å². The zero-order chi connectivity index (χ0) is 27.2. The lowest BCUT2D eigenvalue weighted by Gasteiger charge is -2.37. The van der Waals surface area contributed by atoms with Crippen molar-refractivity contribution < 1.29 is 23.7 Å². The van der Waals surface area contributed by atoms with Crippen LogP contribution in [-0.4, -0.2) is 74.0 Å². The Morgan fingerprint density at radius 3 is 2.79 bits per heavy atom. The van der Waals surface area contributed by atoms with Crippen molar-refractivity contribution in [1.82, 2.24) is 20.2 Å². The number of hydrogen-bond donors (Lipinski definition) is 2. The monoisotopic (exact) mass is 555 g/mol. The lowest BCUT2D eigenvalue weighted by Crippen LogP contribution is -2.44. The molecule has 0 atom stereocenters. The minimum absolute atomic E-state index is 0.312. The fourth-order valence-corrected chi connectivity index (χ4v) is 5.10. The molecule has 5 rings (SSSR count). The van der Waals surface area contributed by atoms with Gasteiger partial charge in [-0.2, -0.15) is 0 Å². The number of likely N-dealkylation sites (tertiary alicyclic amines) is 1. The lowest BCUT2D eigenvalue weighted by molar-refractivity contribution is -0.105. The number of rotatable bonds is 11. The summed E-state index contributed by atoms with van der Waals surface area (Å²) in [5.74, 6) is 2.02. The molecule has 2 aliphatic heterocycles. The van der Waals surface area contributed by atoms with Crippen molar-refractivity contribution in [2.75, 3.05) is 58.4 Å². The molecule has 1 aromatic heterocycles. The maximum atomic E-state index is 12.0. The molecule has 2 aromatic carbocycles. The highest BCUT2D eigenvalue weighted by Gasteiger charge is 2.43. The van der Waals surface area contributed by atoms with Crippen LogP contribution >= 0.6 is 11.6 Å². The van der Waals surface area contributed by atoms with Gasteiger partial charge in [-0.1, -0.05) is 18.5 Å². The van der Waals surface area contributed by atoms with Crippen LogP contribution < -0.4 is 24.8 Å². The van der Waals surface area contributed by atoms with E-state index in [9.17, 15) is 4.79 Å². The first-order valence-electron chi connectivity index (χ1n) is 13.3. The van der Waals surface area contributed by atoms with Gasteiger partial charge >= 0.3 is 6.03 Å². The van der Waals surface area contributed by atoms with E-state index in [2.05, 4.69) is 25.5 Å². The topological polar surface area (TPSA) is 107 Å². The molecule has 2 amide bonds. The molecular formula is C28H34ClN5O5. The number of ether oxygens (including phenoxy) is 4. The summed E-state index contributed by atoms with van der Waals surface area (Å²) < 4.78 is 23.2. The van der Waals surface area contributed by atoms with Crippen molar-refractivity contribution in [3.8, 4) is 23.1 Å². The van der Waals surface area contributed by atoms with Crippen molar-refractivity contribution in [3.63, 3.8) is 0 Å². The molecule has 2 fully saturated rings. The van der Waals surface area contributed by atoms with Crippen LogP contribution in [-0.2, 0) is 4.74 Å². The summed E-state index contributed by atoms with van der Waals surface area (Å²) in [7, 11) is 1.60. The Morgan fingerprint density at radius 1 is 1.21 bits per heavy atom. The second-order valence-electron chi connectivity index (χ2n) is 10.0. The normalized spacial score (nSPS) is 16.2. The van der Waals surface area contributed by atoms with Crippen LogP contribution in [0.4, 0.5) is 10.5 Å². The van der Waals surface area contributed by atoms with Crippen molar-refractivity contribution in [2.45, 2.75) is 26.2 Å². The molecule has 1 spiro atoms. The quantitative estimate of drug-likeness (QED) is 0.314. The fourth-order valence-electron chi connectivity index (χ4n) is 4.89. The molecule has 0 saturated carbocycles. The number of urea groups is 1. The lowest BCUT2D eigenvalue weighted by atomic mass is 9.85. The molecule has 3 heterocycles. The SMILES string of the molecule is CCCNC(=O)Nc1ccc(Oc2ncnc3cc(OCCCN4CCC5(COC5)C4)c(OC)cc23)cc1Cl. The van der Waals surface area contributed by atoms with Gasteiger partial charge in [0.05, 0.1) is 48.5 Å². The van der Waals surface area contributed by atoms with Crippen LogP contribution in [0.5, 0.6) is 23.1 Å². The van der Waals surface area contributed by atoms with Crippen LogP contribution in [0.1, 0.15) is 26.2 Å². The molecule has 0 aliphatic carbocycles. The van der Waals surface area contributed by atoms with Gasteiger partial charge in [-0.15, -0.1) is 0 Å². The number of amides is 2. The number of nitrogens with one attached hydrogen (secondary N) is 2. The van der Waals surface area contributed by atoms with Crippen molar-refractivity contribution in [2.24, 2.45) is 5.41 Å². The number of nitrogens with zero attached hydrogens (tertiary/aromatic N) is 3. The van der Waals surface area contributed by atoms with Crippen LogP contribution in [0, 0.1) is 5.41 Å². The number of aromatic nitrogens is 2. The summed E-state index contributed by atoms with van der Waals surface area (Å²) in [6.45, 7) is 8.17. The van der Waals surface area contributed by atoms with Gasteiger partial charge in [-0.05, 0) is 44.0 Å². The zero-order valence-corrected chi connectivity index (χ0v) is 23.1. The number of carbonyl (C=O) groups is 1. The summed E-state index contributed by atoms with van der Waals surface area (Å²) in [6.07, 6.45) is 4.42. The summed E-state index contributed by atoms with van der Waals surface area (Å²) in [6, 6.07) is 8.36. The second-order valence-corrected chi connectivity index (χ2v) is 10.5. The Hall–Kier alpha value is -3.34. The molecule has 0 bridgehead atoms. The minimum atomic E-state index is -0.312. The van der Waals surface area contributed by atoms with E-state index >= 15 is 0 Å². The number of methoxy groups -OCH3 is 1. The van der Waals surface area contributed by atoms with E-state index in [0.29, 0.717) is 63.3 Å². The molecule has 10 nitrogen and oxygen atoms in total. The van der Waals surface area contributed by atoms with Gasteiger partial charge in [-0.3, -0.25) is 0 Å². The first-order chi connectivity index (χ1) is 19.0. The number of benzene rings is 2. The van der Waals surface area contributed by atoms with E-state index in [1.807, 2.05) is 19.1 Å². The van der Waals surface area contributed by atoms with Crippen LogP contribution in [0.3, 0.4) is 0 Å². The Labute approximate surface area is 232 Å². The Kier molecular flexibility index (Phi) is 8.54. The van der Waals surface area contributed by atoms with E-state index in [1.165, 1.54) is 12.7 Å². The number of hydrogen-bond acceptors (Lipinski definition) is 8. The van der Waals surface area contributed by atoms with Gasteiger partial charge in [0.1, 0.15) is 12.1 Å². The molecule has 39 heavy (non-hydrogen) atoms. The number of fused-ring (bicyclic) bond motifs is 1. The van der Waals surface area contributed by atoms with Crippen LogP contribution in [0.15, 0.2) is 36.7 Å². The average molecular weight is 556 g/mol. The third-order valence-electron chi connectivity index (χ3n) is 7.03. The third-order valence-corrected chi connectivity index (χ3v) is 7.35. The van der Waals surface area contributed by atoms with Gasteiger partial charge < -0.3 is 34.5 Å². The van der Waals surface area contributed by atoms with E-state index in [0.717, 1.165) is 45.7 Å². The molecule has 208 valence electrons. The molecule has 11 heteroatoms. The highest BCUT2D eigenvalue weighted by Crippen LogP contribution is 2.38. The predicted molar refractivity (Wildman–Crippen MR) is 149 cm³/mol. The van der Waals surface area contributed by atoms with Crippen molar-refractivity contribution >= 4 is 34.2 Å². The van der Waals surface area contributed by atoms with E-state index < -0.39 is 0 Å².